The molecular formula is C23H31NO5S. The molecule has 2 fully saturated rings. The minimum absolute atomic E-state index is 0.286. The average molecular weight is 434 g/mol. The Morgan fingerprint density at radius 1 is 1.13 bits per heavy atom. The van der Waals surface area contributed by atoms with E-state index in [1.54, 1.807) is 6.92 Å². The largest absolute Gasteiger partial charge is 0.462 e. The second kappa shape index (κ2) is 9.08. The SMILES string of the molecule is CCOC(=O)c1c(NC(=O)COC(=O)C[C@H]2C[C@H]3CC[C@@H]2C3)sc2c1CC[C@@H](C)C2. The summed E-state index contributed by atoms with van der Waals surface area (Å²) in [5, 5.41) is 3.31. The van der Waals surface area contributed by atoms with E-state index < -0.39 is 11.9 Å². The smallest absolute Gasteiger partial charge is 0.341 e. The molecule has 164 valence electrons. The van der Waals surface area contributed by atoms with Crippen LogP contribution in [-0.4, -0.2) is 31.1 Å². The van der Waals surface area contributed by atoms with Gasteiger partial charge in [-0.1, -0.05) is 13.3 Å². The average Bonchev–Trinajstić information content (AvgIpc) is 3.40. The van der Waals surface area contributed by atoms with Crippen molar-refractivity contribution in [2.45, 2.75) is 65.2 Å². The number of carbonyl (C=O) groups is 3. The Bertz CT molecular complexity index is 832. The van der Waals surface area contributed by atoms with Crippen molar-refractivity contribution in [1.82, 2.24) is 0 Å². The molecule has 1 heterocycles. The van der Waals surface area contributed by atoms with Crippen LogP contribution in [0.15, 0.2) is 0 Å². The van der Waals surface area contributed by atoms with E-state index in [-0.39, 0.29) is 19.2 Å². The number of ether oxygens (including phenoxy) is 2. The van der Waals surface area contributed by atoms with Crippen molar-refractivity contribution in [3.63, 3.8) is 0 Å². The van der Waals surface area contributed by atoms with Crippen LogP contribution >= 0.6 is 11.3 Å². The number of nitrogens with one attached hydrogen (secondary N) is 1. The van der Waals surface area contributed by atoms with Gasteiger partial charge >= 0.3 is 11.9 Å². The normalized spacial score (nSPS) is 26.9. The molecule has 1 aromatic rings. The number of hydrogen-bond acceptors (Lipinski definition) is 6. The third-order valence-corrected chi connectivity index (χ3v) is 8.09. The van der Waals surface area contributed by atoms with Gasteiger partial charge in [0.15, 0.2) is 6.61 Å². The Kier molecular flexibility index (Phi) is 6.46. The Labute approximate surface area is 181 Å². The van der Waals surface area contributed by atoms with Crippen molar-refractivity contribution in [3.8, 4) is 0 Å². The van der Waals surface area contributed by atoms with Crippen LogP contribution in [0.2, 0.25) is 0 Å². The van der Waals surface area contributed by atoms with Crippen LogP contribution < -0.4 is 5.32 Å². The number of carbonyl (C=O) groups excluding carboxylic acids is 3. The van der Waals surface area contributed by atoms with Gasteiger partial charge in [-0.05, 0) is 74.7 Å². The van der Waals surface area contributed by atoms with Crippen LogP contribution in [0, 0.1) is 23.7 Å². The first kappa shape index (κ1) is 21.3. The molecule has 0 saturated heterocycles. The number of rotatable bonds is 7. The number of fused-ring (bicyclic) bond motifs is 3. The van der Waals surface area contributed by atoms with E-state index in [2.05, 4.69) is 12.2 Å². The lowest BCUT2D eigenvalue weighted by Gasteiger charge is -2.20. The first-order chi connectivity index (χ1) is 14.4. The van der Waals surface area contributed by atoms with E-state index in [4.69, 9.17) is 9.47 Å². The second-order valence-corrected chi connectivity index (χ2v) is 10.2. The van der Waals surface area contributed by atoms with Gasteiger partial charge in [-0.25, -0.2) is 4.79 Å². The molecule has 2 saturated carbocycles. The predicted molar refractivity (Wildman–Crippen MR) is 115 cm³/mol. The van der Waals surface area contributed by atoms with Crippen molar-refractivity contribution >= 4 is 34.2 Å². The first-order valence-electron chi connectivity index (χ1n) is 11.2. The number of amides is 1. The number of hydrogen-bond donors (Lipinski definition) is 1. The minimum Gasteiger partial charge on any atom is -0.462 e. The van der Waals surface area contributed by atoms with Crippen molar-refractivity contribution in [2.75, 3.05) is 18.5 Å². The summed E-state index contributed by atoms with van der Waals surface area (Å²) in [4.78, 5) is 38.3. The highest BCUT2D eigenvalue weighted by Gasteiger charge is 2.40. The fourth-order valence-electron chi connectivity index (χ4n) is 5.47. The van der Waals surface area contributed by atoms with Crippen molar-refractivity contribution in [1.29, 1.82) is 0 Å². The molecule has 1 N–H and O–H groups in total. The molecule has 0 radical (unpaired) electrons. The zero-order chi connectivity index (χ0) is 21.3. The maximum Gasteiger partial charge on any atom is 0.341 e. The Morgan fingerprint density at radius 2 is 1.97 bits per heavy atom. The van der Waals surface area contributed by atoms with Crippen LogP contribution in [0.4, 0.5) is 5.00 Å². The maximum absolute atomic E-state index is 12.5. The zero-order valence-corrected chi connectivity index (χ0v) is 18.6. The van der Waals surface area contributed by atoms with E-state index in [1.807, 2.05) is 0 Å². The summed E-state index contributed by atoms with van der Waals surface area (Å²) in [5.41, 5.74) is 1.48. The molecule has 30 heavy (non-hydrogen) atoms. The third kappa shape index (κ3) is 4.56. The highest BCUT2D eigenvalue weighted by Crippen LogP contribution is 2.49. The summed E-state index contributed by atoms with van der Waals surface area (Å²) < 4.78 is 10.5. The standard InChI is InChI=1S/C23H31NO5S/c1-3-28-23(27)21-17-7-4-13(2)8-18(17)30-22(21)24-19(25)12-29-20(26)11-16-10-14-5-6-15(16)9-14/h13-16H,3-12H2,1-2H3,(H,24,25)/t13-,14+,15-,16-/m1/s1. The summed E-state index contributed by atoms with van der Waals surface area (Å²) in [5.74, 6) is 1.31. The van der Waals surface area contributed by atoms with Crippen molar-refractivity contribution in [2.24, 2.45) is 23.7 Å². The number of thiophene rings is 1. The lowest BCUT2D eigenvalue weighted by Crippen LogP contribution is -2.23. The molecular weight excluding hydrogens is 402 g/mol. The molecule has 3 aliphatic rings. The zero-order valence-electron chi connectivity index (χ0n) is 17.8. The molecule has 6 nitrogen and oxygen atoms in total. The number of esters is 2. The van der Waals surface area contributed by atoms with Gasteiger partial charge < -0.3 is 14.8 Å². The van der Waals surface area contributed by atoms with Crippen LogP contribution in [0.25, 0.3) is 0 Å². The lowest BCUT2D eigenvalue weighted by atomic mass is 9.86. The Hall–Kier alpha value is -1.89. The maximum atomic E-state index is 12.5. The van der Waals surface area contributed by atoms with Gasteiger partial charge in [0.25, 0.3) is 5.91 Å². The Balaban J connectivity index is 1.35. The minimum atomic E-state index is -0.409. The molecule has 0 aliphatic heterocycles. The van der Waals surface area contributed by atoms with Crippen LogP contribution in [0.3, 0.4) is 0 Å². The summed E-state index contributed by atoms with van der Waals surface area (Å²) >= 11 is 1.44. The fraction of sp³-hybridized carbons (Fsp3) is 0.696. The molecule has 4 rings (SSSR count). The van der Waals surface area contributed by atoms with Crippen molar-refractivity contribution < 1.29 is 23.9 Å². The second-order valence-electron chi connectivity index (χ2n) is 9.12. The molecule has 0 unspecified atom stereocenters. The van der Waals surface area contributed by atoms with Gasteiger partial charge in [0, 0.05) is 11.3 Å². The van der Waals surface area contributed by atoms with E-state index >= 15 is 0 Å². The predicted octanol–water partition coefficient (Wildman–Crippen LogP) is 4.36. The molecule has 7 heteroatoms. The first-order valence-corrected chi connectivity index (χ1v) is 12.0. The quantitative estimate of drug-likeness (QED) is 0.646. The molecule has 4 atom stereocenters. The summed E-state index contributed by atoms with van der Waals surface area (Å²) in [6, 6.07) is 0. The highest BCUT2D eigenvalue weighted by atomic mass is 32.1. The summed E-state index contributed by atoms with van der Waals surface area (Å²) in [7, 11) is 0. The van der Waals surface area contributed by atoms with Gasteiger partial charge in [-0.2, -0.15) is 0 Å². The molecule has 3 aliphatic carbocycles. The lowest BCUT2D eigenvalue weighted by molar-refractivity contribution is -0.148. The molecule has 1 aromatic heterocycles. The van der Waals surface area contributed by atoms with E-state index in [0.29, 0.717) is 34.7 Å². The monoisotopic (exact) mass is 433 g/mol. The van der Waals surface area contributed by atoms with E-state index in [9.17, 15) is 14.4 Å². The summed E-state index contributed by atoms with van der Waals surface area (Å²) in [6.07, 6.45) is 8.03. The number of anilines is 1. The molecule has 2 bridgehead atoms. The third-order valence-electron chi connectivity index (χ3n) is 6.92. The van der Waals surface area contributed by atoms with E-state index in [0.717, 1.165) is 42.0 Å². The van der Waals surface area contributed by atoms with Gasteiger partial charge in [0.2, 0.25) is 0 Å². The van der Waals surface area contributed by atoms with Crippen molar-refractivity contribution in [3.05, 3.63) is 16.0 Å². The van der Waals surface area contributed by atoms with Gasteiger partial charge in [-0.3, -0.25) is 9.59 Å². The molecule has 0 aromatic carbocycles. The topological polar surface area (TPSA) is 81.7 Å². The van der Waals surface area contributed by atoms with Gasteiger partial charge in [0.1, 0.15) is 5.00 Å². The molecule has 0 spiro atoms. The van der Waals surface area contributed by atoms with E-state index in [1.165, 1.54) is 30.6 Å². The van der Waals surface area contributed by atoms with Crippen LogP contribution in [-0.2, 0) is 31.9 Å². The van der Waals surface area contributed by atoms with Crippen LogP contribution in [0.1, 0.15) is 73.2 Å². The van der Waals surface area contributed by atoms with Crippen LogP contribution in [0.5, 0.6) is 0 Å². The van der Waals surface area contributed by atoms with Gasteiger partial charge in [-0.15, -0.1) is 11.3 Å². The highest BCUT2D eigenvalue weighted by molar-refractivity contribution is 7.17. The Morgan fingerprint density at radius 3 is 2.67 bits per heavy atom. The molecule has 1 amide bonds. The fourth-order valence-corrected chi connectivity index (χ4v) is 6.88. The van der Waals surface area contributed by atoms with Gasteiger partial charge in [0.05, 0.1) is 12.2 Å². The summed E-state index contributed by atoms with van der Waals surface area (Å²) in [6.45, 7) is 3.93.